The Hall–Kier alpha value is -0.920. The third kappa shape index (κ3) is 3.30. The van der Waals surface area contributed by atoms with Gasteiger partial charge in [0.2, 0.25) is 10.0 Å². The van der Waals surface area contributed by atoms with E-state index < -0.39 is 25.9 Å². The van der Waals surface area contributed by atoms with Crippen molar-refractivity contribution < 1.29 is 16.8 Å². The number of hydrogen-bond donors (Lipinski definition) is 0. The maximum atomic E-state index is 12.9. The van der Waals surface area contributed by atoms with E-state index >= 15 is 0 Å². The molecule has 1 aliphatic rings. The number of sulfone groups is 1. The van der Waals surface area contributed by atoms with Gasteiger partial charge in [-0.05, 0) is 37.5 Å². The van der Waals surface area contributed by atoms with E-state index in [9.17, 15) is 16.8 Å². The predicted octanol–water partition coefficient (Wildman–Crippen LogP) is 1.50. The molecular formula is C14H21NO4S2. The number of rotatable bonds is 4. The minimum absolute atomic E-state index is 0.0660. The molecule has 1 fully saturated rings. The largest absolute Gasteiger partial charge is 0.243 e. The smallest absolute Gasteiger partial charge is 0.229 e. The summed E-state index contributed by atoms with van der Waals surface area (Å²) < 4.78 is 50.3. The quantitative estimate of drug-likeness (QED) is 0.838. The molecule has 1 saturated heterocycles. The van der Waals surface area contributed by atoms with Crippen LogP contribution in [0.3, 0.4) is 0 Å². The van der Waals surface area contributed by atoms with Crippen molar-refractivity contribution in [3.8, 4) is 0 Å². The Balaban J connectivity index is 2.43. The molecule has 7 heteroatoms. The van der Waals surface area contributed by atoms with Crippen molar-refractivity contribution in [1.82, 2.24) is 4.31 Å². The van der Waals surface area contributed by atoms with Crippen LogP contribution >= 0.6 is 0 Å². The van der Waals surface area contributed by atoms with Crippen molar-refractivity contribution in [3.63, 3.8) is 0 Å². The predicted molar refractivity (Wildman–Crippen MR) is 82.5 cm³/mol. The summed E-state index contributed by atoms with van der Waals surface area (Å²) >= 11 is 0. The first kappa shape index (κ1) is 16.5. The number of hydrogen-bond acceptors (Lipinski definition) is 4. The molecule has 0 N–H and O–H groups in total. The van der Waals surface area contributed by atoms with Gasteiger partial charge in [0.05, 0.1) is 16.4 Å². The Morgan fingerprint density at radius 3 is 2.48 bits per heavy atom. The molecule has 1 aliphatic heterocycles. The molecule has 0 bridgehead atoms. The summed E-state index contributed by atoms with van der Waals surface area (Å²) in [5.74, 6) is -0.0125. The first-order valence-corrected chi connectivity index (χ1v) is 10.2. The highest BCUT2D eigenvalue weighted by Gasteiger charge is 2.38. The van der Waals surface area contributed by atoms with Gasteiger partial charge < -0.3 is 0 Å². The van der Waals surface area contributed by atoms with Gasteiger partial charge in [-0.25, -0.2) is 16.8 Å². The van der Waals surface area contributed by atoms with Crippen LogP contribution in [0.2, 0.25) is 0 Å². The van der Waals surface area contributed by atoms with E-state index in [2.05, 4.69) is 0 Å². The second kappa shape index (κ2) is 5.70. The summed E-state index contributed by atoms with van der Waals surface area (Å²) in [6, 6.07) is 4.84. The van der Waals surface area contributed by atoms with Gasteiger partial charge in [-0.15, -0.1) is 0 Å². The molecule has 0 radical (unpaired) electrons. The van der Waals surface area contributed by atoms with Crippen LogP contribution in [0.25, 0.3) is 0 Å². The van der Waals surface area contributed by atoms with Gasteiger partial charge in [-0.3, -0.25) is 0 Å². The van der Waals surface area contributed by atoms with Crippen molar-refractivity contribution in [2.24, 2.45) is 0 Å². The lowest BCUT2D eigenvalue weighted by Gasteiger charge is -2.26. The van der Waals surface area contributed by atoms with Gasteiger partial charge >= 0.3 is 0 Å². The molecule has 2 rings (SSSR count). The lowest BCUT2D eigenvalue weighted by Crippen LogP contribution is -2.41. The van der Waals surface area contributed by atoms with Crippen LogP contribution in [0.1, 0.15) is 24.5 Å². The molecule has 5 nitrogen and oxygen atoms in total. The monoisotopic (exact) mass is 331 g/mol. The summed E-state index contributed by atoms with van der Waals surface area (Å²) in [6.45, 7) is 5.61. The molecule has 1 heterocycles. The average Bonchev–Trinajstić information content (AvgIpc) is 2.73. The Bertz CT molecular complexity index is 738. The standard InChI is InChI=1S/C14H21NO4S2/c1-4-15(13-7-8-20(16,17)10-13)21(18,19)14-9-11(2)5-6-12(14)3/h5-6,9,13H,4,7-8,10H2,1-3H3/t13-/m0/s1. The summed E-state index contributed by atoms with van der Waals surface area (Å²) in [5, 5.41) is 0. The molecule has 1 aromatic carbocycles. The van der Waals surface area contributed by atoms with E-state index in [-0.39, 0.29) is 22.9 Å². The van der Waals surface area contributed by atoms with Crippen LogP contribution in [0.5, 0.6) is 0 Å². The summed E-state index contributed by atoms with van der Waals surface area (Å²) in [6.07, 6.45) is 0.375. The average molecular weight is 331 g/mol. The van der Waals surface area contributed by atoms with Gasteiger partial charge in [-0.2, -0.15) is 4.31 Å². The maximum Gasteiger partial charge on any atom is 0.243 e. The van der Waals surface area contributed by atoms with Crippen LogP contribution in [0.4, 0.5) is 0 Å². The summed E-state index contributed by atoms with van der Waals surface area (Å²) in [4.78, 5) is 0.272. The van der Waals surface area contributed by atoms with Crippen LogP contribution in [0.15, 0.2) is 23.1 Å². The number of nitrogens with zero attached hydrogens (tertiary/aromatic N) is 1. The fraction of sp³-hybridized carbons (Fsp3) is 0.571. The van der Waals surface area contributed by atoms with E-state index in [0.29, 0.717) is 12.0 Å². The van der Waals surface area contributed by atoms with Crippen molar-refractivity contribution in [2.45, 2.75) is 38.1 Å². The normalized spacial score (nSPS) is 21.8. The molecular weight excluding hydrogens is 310 g/mol. The van der Waals surface area contributed by atoms with Crippen molar-refractivity contribution in [3.05, 3.63) is 29.3 Å². The zero-order valence-electron chi connectivity index (χ0n) is 12.5. The van der Waals surface area contributed by atoms with Crippen LogP contribution in [-0.4, -0.2) is 45.2 Å². The molecule has 118 valence electrons. The van der Waals surface area contributed by atoms with E-state index in [0.717, 1.165) is 5.56 Å². The second-order valence-electron chi connectivity index (χ2n) is 5.53. The molecule has 0 spiro atoms. The molecule has 21 heavy (non-hydrogen) atoms. The van der Waals surface area contributed by atoms with Crippen LogP contribution < -0.4 is 0 Å². The first-order chi connectivity index (χ1) is 9.67. The minimum atomic E-state index is -3.67. The summed E-state index contributed by atoms with van der Waals surface area (Å²) in [5.41, 5.74) is 1.55. The Morgan fingerprint density at radius 1 is 1.29 bits per heavy atom. The van der Waals surface area contributed by atoms with Crippen LogP contribution in [0, 0.1) is 13.8 Å². The van der Waals surface area contributed by atoms with Gasteiger partial charge in [0.25, 0.3) is 0 Å². The topological polar surface area (TPSA) is 71.5 Å². The van der Waals surface area contributed by atoms with E-state index in [1.54, 1.807) is 26.0 Å². The highest BCUT2D eigenvalue weighted by Crippen LogP contribution is 2.27. The van der Waals surface area contributed by atoms with E-state index in [1.807, 2.05) is 13.0 Å². The molecule has 0 aromatic heterocycles. The third-order valence-electron chi connectivity index (χ3n) is 3.86. The van der Waals surface area contributed by atoms with E-state index in [4.69, 9.17) is 0 Å². The zero-order chi connectivity index (χ0) is 15.8. The van der Waals surface area contributed by atoms with Crippen molar-refractivity contribution >= 4 is 19.9 Å². The number of benzene rings is 1. The lowest BCUT2D eigenvalue weighted by molar-refractivity contribution is 0.354. The molecule has 0 amide bonds. The Labute approximate surface area is 126 Å². The van der Waals surface area contributed by atoms with Crippen LogP contribution in [-0.2, 0) is 19.9 Å². The molecule has 1 atom stereocenters. The molecule has 0 unspecified atom stereocenters. The second-order valence-corrected chi connectivity index (χ2v) is 9.62. The highest BCUT2D eigenvalue weighted by molar-refractivity contribution is 7.92. The lowest BCUT2D eigenvalue weighted by atomic mass is 10.2. The fourth-order valence-electron chi connectivity index (χ4n) is 2.74. The van der Waals surface area contributed by atoms with Gasteiger partial charge in [0.1, 0.15) is 0 Å². The summed E-state index contributed by atoms with van der Waals surface area (Å²) in [7, 11) is -6.79. The van der Waals surface area contributed by atoms with Crippen molar-refractivity contribution in [2.75, 3.05) is 18.1 Å². The first-order valence-electron chi connectivity index (χ1n) is 6.97. The Morgan fingerprint density at radius 2 is 1.95 bits per heavy atom. The SMILES string of the molecule is CCN([C@H]1CCS(=O)(=O)C1)S(=O)(=O)c1cc(C)ccc1C. The maximum absolute atomic E-state index is 12.9. The molecule has 0 saturated carbocycles. The van der Waals surface area contributed by atoms with Gasteiger partial charge in [0.15, 0.2) is 9.84 Å². The highest BCUT2D eigenvalue weighted by atomic mass is 32.2. The third-order valence-corrected chi connectivity index (χ3v) is 7.78. The van der Waals surface area contributed by atoms with Gasteiger partial charge in [0, 0.05) is 12.6 Å². The van der Waals surface area contributed by atoms with Gasteiger partial charge in [-0.1, -0.05) is 19.1 Å². The fourth-order valence-corrected chi connectivity index (χ4v) is 6.54. The number of aryl methyl sites for hydroxylation is 2. The minimum Gasteiger partial charge on any atom is -0.229 e. The number of sulfonamides is 1. The Kier molecular flexibility index (Phi) is 4.46. The van der Waals surface area contributed by atoms with Crippen molar-refractivity contribution in [1.29, 1.82) is 0 Å². The van der Waals surface area contributed by atoms with E-state index in [1.165, 1.54) is 4.31 Å². The molecule has 1 aromatic rings. The zero-order valence-corrected chi connectivity index (χ0v) is 14.2. The molecule has 0 aliphatic carbocycles.